The average Bonchev–Trinajstić information content (AvgIpc) is 3.01. The maximum absolute atomic E-state index is 5.52. The summed E-state index contributed by atoms with van der Waals surface area (Å²) in [6.07, 6.45) is 2.44. The van der Waals surface area contributed by atoms with Gasteiger partial charge in [-0.2, -0.15) is 0 Å². The monoisotopic (exact) mass is 262 g/mol. The van der Waals surface area contributed by atoms with E-state index in [0.717, 1.165) is 38.6 Å². The van der Waals surface area contributed by atoms with Crippen LogP contribution in [0.2, 0.25) is 0 Å². The molecule has 19 heavy (non-hydrogen) atoms. The molecule has 1 aromatic carbocycles. The minimum absolute atomic E-state index is 0.441. The van der Waals surface area contributed by atoms with Gasteiger partial charge in [-0.3, -0.25) is 0 Å². The van der Waals surface area contributed by atoms with E-state index in [1.165, 1.54) is 24.1 Å². The van der Waals surface area contributed by atoms with E-state index >= 15 is 0 Å². The Morgan fingerprint density at radius 3 is 2.84 bits per heavy atom. The SMILES string of the molecule is COc1ccc(N2CCOCC2)cc1C1CCCN1. The van der Waals surface area contributed by atoms with Crippen molar-refractivity contribution < 1.29 is 9.47 Å². The molecular weight excluding hydrogens is 240 g/mol. The molecule has 3 rings (SSSR count). The third-order valence-electron chi connectivity index (χ3n) is 4.03. The highest BCUT2D eigenvalue weighted by Gasteiger charge is 2.21. The van der Waals surface area contributed by atoms with E-state index in [9.17, 15) is 0 Å². The number of hydrogen-bond acceptors (Lipinski definition) is 4. The van der Waals surface area contributed by atoms with Crippen LogP contribution in [-0.4, -0.2) is 40.0 Å². The Morgan fingerprint density at radius 1 is 1.32 bits per heavy atom. The Hall–Kier alpha value is -1.26. The summed E-state index contributed by atoms with van der Waals surface area (Å²) in [4.78, 5) is 2.39. The van der Waals surface area contributed by atoms with Gasteiger partial charge in [0.05, 0.1) is 20.3 Å². The van der Waals surface area contributed by atoms with Crippen LogP contribution >= 0.6 is 0 Å². The Morgan fingerprint density at radius 2 is 2.16 bits per heavy atom. The molecule has 4 nitrogen and oxygen atoms in total. The average molecular weight is 262 g/mol. The molecule has 0 spiro atoms. The number of ether oxygens (including phenoxy) is 2. The van der Waals surface area contributed by atoms with E-state index in [-0.39, 0.29) is 0 Å². The van der Waals surface area contributed by atoms with Gasteiger partial charge in [-0.25, -0.2) is 0 Å². The smallest absolute Gasteiger partial charge is 0.123 e. The molecule has 0 amide bonds. The van der Waals surface area contributed by atoms with Crippen molar-refractivity contribution >= 4 is 5.69 Å². The van der Waals surface area contributed by atoms with E-state index in [2.05, 4.69) is 28.4 Å². The lowest BCUT2D eigenvalue weighted by Crippen LogP contribution is -2.36. The molecule has 4 heteroatoms. The zero-order chi connectivity index (χ0) is 13.1. The van der Waals surface area contributed by atoms with Gasteiger partial charge in [0.15, 0.2) is 0 Å². The number of nitrogens with one attached hydrogen (secondary N) is 1. The van der Waals surface area contributed by atoms with Crippen LogP contribution < -0.4 is 15.0 Å². The van der Waals surface area contributed by atoms with Gasteiger partial charge in [-0.1, -0.05) is 0 Å². The molecule has 104 valence electrons. The number of morpholine rings is 1. The van der Waals surface area contributed by atoms with Crippen LogP contribution in [0.5, 0.6) is 5.75 Å². The molecule has 0 aliphatic carbocycles. The van der Waals surface area contributed by atoms with Gasteiger partial charge in [-0.15, -0.1) is 0 Å². The van der Waals surface area contributed by atoms with Gasteiger partial charge < -0.3 is 19.7 Å². The molecule has 1 unspecified atom stereocenters. The fourth-order valence-corrected chi connectivity index (χ4v) is 2.96. The standard InChI is InChI=1S/C15H22N2O2/c1-18-15-5-4-12(17-7-9-19-10-8-17)11-13(15)14-3-2-6-16-14/h4-5,11,14,16H,2-3,6-10H2,1H3. The minimum atomic E-state index is 0.441. The second-order valence-electron chi connectivity index (χ2n) is 5.17. The van der Waals surface area contributed by atoms with Gasteiger partial charge in [0.2, 0.25) is 0 Å². The second-order valence-corrected chi connectivity index (χ2v) is 5.17. The van der Waals surface area contributed by atoms with Crippen molar-refractivity contribution in [3.63, 3.8) is 0 Å². The van der Waals surface area contributed by atoms with Crippen molar-refractivity contribution in [1.82, 2.24) is 5.32 Å². The normalized spacial score (nSPS) is 23.6. The molecule has 2 fully saturated rings. The zero-order valence-corrected chi connectivity index (χ0v) is 11.5. The van der Waals surface area contributed by atoms with Crippen LogP contribution in [-0.2, 0) is 4.74 Å². The van der Waals surface area contributed by atoms with E-state index in [1.54, 1.807) is 7.11 Å². The van der Waals surface area contributed by atoms with Crippen LogP contribution in [0.1, 0.15) is 24.4 Å². The third-order valence-corrected chi connectivity index (χ3v) is 4.03. The quantitative estimate of drug-likeness (QED) is 0.903. The zero-order valence-electron chi connectivity index (χ0n) is 11.5. The molecule has 2 aliphatic rings. The van der Waals surface area contributed by atoms with Crippen LogP contribution in [0, 0.1) is 0 Å². The molecular formula is C15H22N2O2. The number of methoxy groups -OCH3 is 1. The molecule has 2 aliphatic heterocycles. The first-order valence-corrected chi connectivity index (χ1v) is 7.12. The van der Waals surface area contributed by atoms with Crippen LogP contribution in [0.25, 0.3) is 0 Å². The first-order chi connectivity index (χ1) is 9.38. The highest BCUT2D eigenvalue weighted by molar-refractivity contribution is 5.54. The summed E-state index contributed by atoms with van der Waals surface area (Å²) >= 11 is 0. The van der Waals surface area contributed by atoms with E-state index < -0.39 is 0 Å². The van der Waals surface area contributed by atoms with Crippen molar-refractivity contribution in [3.8, 4) is 5.75 Å². The first-order valence-electron chi connectivity index (χ1n) is 7.12. The summed E-state index contributed by atoms with van der Waals surface area (Å²) < 4.78 is 10.9. The first kappa shape index (κ1) is 12.8. The summed E-state index contributed by atoms with van der Waals surface area (Å²) in [7, 11) is 1.75. The highest BCUT2D eigenvalue weighted by Crippen LogP contribution is 2.34. The molecule has 2 saturated heterocycles. The van der Waals surface area contributed by atoms with Gasteiger partial charge in [0, 0.05) is 30.4 Å². The number of benzene rings is 1. The Labute approximate surface area is 114 Å². The van der Waals surface area contributed by atoms with Gasteiger partial charge in [-0.05, 0) is 37.6 Å². The molecule has 2 heterocycles. The Bertz CT molecular complexity index is 424. The highest BCUT2D eigenvalue weighted by atomic mass is 16.5. The van der Waals surface area contributed by atoms with Crippen molar-refractivity contribution in [2.75, 3.05) is 44.9 Å². The van der Waals surface area contributed by atoms with Crippen LogP contribution in [0.15, 0.2) is 18.2 Å². The van der Waals surface area contributed by atoms with Gasteiger partial charge >= 0.3 is 0 Å². The summed E-state index contributed by atoms with van der Waals surface area (Å²) in [5.74, 6) is 0.997. The predicted molar refractivity (Wildman–Crippen MR) is 76.0 cm³/mol. The molecule has 0 aromatic heterocycles. The maximum Gasteiger partial charge on any atom is 0.123 e. The lowest BCUT2D eigenvalue weighted by atomic mass is 10.0. The molecule has 1 atom stereocenters. The number of nitrogens with zero attached hydrogens (tertiary/aromatic N) is 1. The molecule has 0 radical (unpaired) electrons. The van der Waals surface area contributed by atoms with E-state index in [4.69, 9.17) is 9.47 Å². The lowest BCUT2D eigenvalue weighted by molar-refractivity contribution is 0.122. The fraction of sp³-hybridized carbons (Fsp3) is 0.600. The van der Waals surface area contributed by atoms with Crippen molar-refractivity contribution in [2.24, 2.45) is 0 Å². The topological polar surface area (TPSA) is 33.7 Å². The predicted octanol–water partition coefficient (Wildman–Crippen LogP) is 1.96. The van der Waals surface area contributed by atoms with E-state index in [0.29, 0.717) is 6.04 Å². The third kappa shape index (κ3) is 2.69. The molecule has 0 bridgehead atoms. The summed E-state index contributed by atoms with van der Waals surface area (Å²) in [5, 5.41) is 3.55. The number of hydrogen-bond donors (Lipinski definition) is 1. The largest absolute Gasteiger partial charge is 0.496 e. The molecule has 0 saturated carbocycles. The minimum Gasteiger partial charge on any atom is -0.496 e. The van der Waals surface area contributed by atoms with Crippen LogP contribution in [0.3, 0.4) is 0 Å². The van der Waals surface area contributed by atoms with E-state index in [1.807, 2.05) is 0 Å². The summed E-state index contributed by atoms with van der Waals surface area (Å²) in [5.41, 5.74) is 2.58. The van der Waals surface area contributed by atoms with Crippen molar-refractivity contribution in [1.29, 1.82) is 0 Å². The van der Waals surface area contributed by atoms with Crippen molar-refractivity contribution in [3.05, 3.63) is 23.8 Å². The Balaban J connectivity index is 1.87. The summed E-state index contributed by atoms with van der Waals surface area (Å²) in [6.45, 7) is 4.70. The van der Waals surface area contributed by atoms with Gasteiger partial charge in [0.25, 0.3) is 0 Å². The summed E-state index contributed by atoms with van der Waals surface area (Å²) in [6, 6.07) is 6.98. The van der Waals surface area contributed by atoms with Gasteiger partial charge in [0.1, 0.15) is 5.75 Å². The van der Waals surface area contributed by atoms with Crippen LogP contribution in [0.4, 0.5) is 5.69 Å². The lowest BCUT2D eigenvalue weighted by Gasteiger charge is -2.30. The molecule has 1 N–H and O–H groups in total. The Kier molecular flexibility index (Phi) is 3.89. The number of rotatable bonds is 3. The molecule has 1 aromatic rings. The van der Waals surface area contributed by atoms with Crippen molar-refractivity contribution in [2.45, 2.75) is 18.9 Å². The maximum atomic E-state index is 5.52. The fourth-order valence-electron chi connectivity index (χ4n) is 2.96. The number of anilines is 1. The second kappa shape index (κ2) is 5.80.